The van der Waals surface area contributed by atoms with Gasteiger partial charge >= 0.3 is 0 Å². The fourth-order valence-electron chi connectivity index (χ4n) is 2.76. The average Bonchev–Trinajstić information content (AvgIpc) is 2.59. The molecular weight excluding hydrogens is 302 g/mol. The van der Waals surface area contributed by atoms with Gasteiger partial charge in [0.2, 0.25) is 5.91 Å². The number of ketones is 2. The van der Waals surface area contributed by atoms with Crippen molar-refractivity contribution in [1.82, 2.24) is 5.32 Å². The Labute approximate surface area is 142 Å². The van der Waals surface area contributed by atoms with Crippen molar-refractivity contribution in [3.8, 4) is 0 Å². The van der Waals surface area contributed by atoms with Crippen LogP contribution in [0.15, 0.2) is 47.1 Å². The summed E-state index contributed by atoms with van der Waals surface area (Å²) in [7, 11) is 0. The zero-order valence-corrected chi connectivity index (χ0v) is 14.4. The number of amides is 1. The Bertz CT molecular complexity index is 741. The van der Waals surface area contributed by atoms with Crippen LogP contribution in [0.4, 0.5) is 0 Å². The number of Topliss-reactive ketones (excluding diaryl/α,β-unsaturated/α-hetero) is 2. The first-order valence-electron chi connectivity index (χ1n) is 8.39. The Balaban J connectivity index is 2.47. The number of fused-ring (bicyclic) bond motifs is 1. The Morgan fingerprint density at radius 1 is 1.08 bits per heavy atom. The van der Waals surface area contributed by atoms with Crippen LogP contribution < -0.4 is 5.32 Å². The number of hydrogen-bond acceptors (Lipinski definition) is 3. The van der Waals surface area contributed by atoms with Crippen LogP contribution in [0.25, 0.3) is 0 Å². The summed E-state index contributed by atoms with van der Waals surface area (Å²) in [6.07, 6.45) is 3.99. The van der Waals surface area contributed by atoms with E-state index in [0.29, 0.717) is 40.8 Å². The largest absolute Gasteiger partial charge is 0.353 e. The third kappa shape index (κ3) is 3.53. The van der Waals surface area contributed by atoms with Gasteiger partial charge in [-0.3, -0.25) is 14.4 Å². The van der Waals surface area contributed by atoms with E-state index in [9.17, 15) is 14.4 Å². The molecule has 1 aliphatic rings. The molecule has 0 fully saturated rings. The van der Waals surface area contributed by atoms with Gasteiger partial charge in [-0.2, -0.15) is 0 Å². The van der Waals surface area contributed by atoms with Crippen LogP contribution in [0.3, 0.4) is 0 Å². The summed E-state index contributed by atoms with van der Waals surface area (Å²) in [4.78, 5) is 37.6. The number of rotatable bonds is 6. The Morgan fingerprint density at radius 3 is 2.29 bits per heavy atom. The Hall–Kier alpha value is -2.49. The average molecular weight is 325 g/mol. The number of carbonyl (C=O) groups excluding carboxylic acids is 3. The lowest BCUT2D eigenvalue weighted by Crippen LogP contribution is -2.26. The van der Waals surface area contributed by atoms with Gasteiger partial charge in [0.25, 0.3) is 0 Å². The van der Waals surface area contributed by atoms with Crippen molar-refractivity contribution in [3.63, 3.8) is 0 Å². The molecule has 1 N–H and O–H groups in total. The second-order valence-corrected chi connectivity index (χ2v) is 5.88. The van der Waals surface area contributed by atoms with Gasteiger partial charge in [-0.05, 0) is 32.8 Å². The number of unbranched alkanes of at least 4 members (excludes halogenated alkanes) is 1. The molecule has 0 heterocycles. The highest BCUT2D eigenvalue weighted by atomic mass is 16.2. The van der Waals surface area contributed by atoms with Gasteiger partial charge in [0.1, 0.15) is 0 Å². The molecule has 0 radical (unpaired) electrons. The molecular formula is C20H23NO3. The van der Waals surface area contributed by atoms with Gasteiger partial charge in [0, 0.05) is 34.4 Å². The summed E-state index contributed by atoms with van der Waals surface area (Å²) < 4.78 is 0. The molecule has 0 unspecified atom stereocenters. The molecule has 2 rings (SSSR count). The second-order valence-electron chi connectivity index (χ2n) is 5.88. The van der Waals surface area contributed by atoms with Crippen LogP contribution in [0.1, 0.15) is 60.7 Å². The van der Waals surface area contributed by atoms with Gasteiger partial charge in [-0.25, -0.2) is 0 Å². The smallest absolute Gasteiger partial charge is 0.247 e. The van der Waals surface area contributed by atoms with Gasteiger partial charge in [-0.1, -0.05) is 37.6 Å². The van der Waals surface area contributed by atoms with Crippen molar-refractivity contribution in [1.29, 1.82) is 0 Å². The standard InChI is InChI=1S/C20H23NO3/c1-4-6-9-14(20(24)21-5-2)12-17-13(3)18(22)15-10-7-8-11-16(15)19(17)23/h7-8,10-12H,4-6,9H2,1-3H3,(H,21,24)/b14-12+. The van der Waals surface area contributed by atoms with Crippen molar-refractivity contribution in [2.75, 3.05) is 6.54 Å². The fraction of sp³-hybridized carbons (Fsp3) is 0.350. The highest BCUT2D eigenvalue weighted by Crippen LogP contribution is 2.28. The van der Waals surface area contributed by atoms with E-state index in [1.54, 1.807) is 37.3 Å². The van der Waals surface area contributed by atoms with Crippen LogP contribution in [0.5, 0.6) is 0 Å². The third-order valence-corrected chi connectivity index (χ3v) is 4.15. The summed E-state index contributed by atoms with van der Waals surface area (Å²) in [6, 6.07) is 6.82. The molecule has 24 heavy (non-hydrogen) atoms. The molecule has 0 spiro atoms. The van der Waals surface area contributed by atoms with Crippen molar-refractivity contribution in [3.05, 3.63) is 58.2 Å². The van der Waals surface area contributed by atoms with Crippen molar-refractivity contribution >= 4 is 17.5 Å². The molecule has 1 aromatic rings. The quantitative estimate of drug-likeness (QED) is 0.812. The normalized spacial score (nSPS) is 14.7. The molecule has 0 saturated heterocycles. The number of nitrogens with one attached hydrogen (secondary N) is 1. The van der Waals surface area contributed by atoms with Crippen molar-refractivity contribution in [2.24, 2.45) is 0 Å². The first kappa shape index (κ1) is 17.9. The van der Waals surface area contributed by atoms with Crippen LogP contribution in [0.2, 0.25) is 0 Å². The third-order valence-electron chi connectivity index (χ3n) is 4.15. The molecule has 4 nitrogen and oxygen atoms in total. The first-order chi connectivity index (χ1) is 11.5. The van der Waals surface area contributed by atoms with E-state index in [1.807, 2.05) is 13.8 Å². The van der Waals surface area contributed by atoms with Crippen LogP contribution in [-0.4, -0.2) is 24.0 Å². The highest BCUT2D eigenvalue weighted by Gasteiger charge is 2.29. The number of benzene rings is 1. The second kappa shape index (κ2) is 7.86. The zero-order chi connectivity index (χ0) is 17.7. The van der Waals surface area contributed by atoms with Crippen LogP contribution >= 0.6 is 0 Å². The minimum atomic E-state index is -0.194. The lowest BCUT2D eigenvalue weighted by molar-refractivity contribution is -0.117. The predicted molar refractivity (Wildman–Crippen MR) is 94.1 cm³/mol. The van der Waals surface area contributed by atoms with E-state index in [-0.39, 0.29) is 17.5 Å². The van der Waals surface area contributed by atoms with Crippen molar-refractivity contribution in [2.45, 2.75) is 40.0 Å². The lowest BCUT2D eigenvalue weighted by atomic mass is 9.83. The number of carbonyl (C=O) groups is 3. The predicted octanol–water partition coefficient (Wildman–Crippen LogP) is 3.63. The van der Waals surface area contributed by atoms with E-state index in [2.05, 4.69) is 5.32 Å². The molecule has 0 bridgehead atoms. The van der Waals surface area contributed by atoms with Gasteiger partial charge in [0.15, 0.2) is 11.6 Å². The molecule has 0 saturated carbocycles. The molecule has 1 aliphatic carbocycles. The van der Waals surface area contributed by atoms with Gasteiger partial charge < -0.3 is 5.32 Å². The maximum atomic E-state index is 12.8. The zero-order valence-electron chi connectivity index (χ0n) is 14.4. The monoisotopic (exact) mass is 325 g/mol. The highest BCUT2D eigenvalue weighted by molar-refractivity contribution is 6.28. The molecule has 4 heteroatoms. The van der Waals surface area contributed by atoms with Crippen LogP contribution in [-0.2, 0) is 4.79 Å². The summed E-state index contributed by atoms with van der Waals surface area (Å²) in [6.45, 7) is 6.07. The van der Waals surface area contributed by atoms with Crippen molar-refractivity contribution < 1.29 is 14.4 Å². The number of likely N-dealkylation sites (N-methyl/N-ethyl adjacent to an activating group) is 1. The fourth-order valence-corrected chi connectivity index (χ4v) is 2.76. The summed E-state index contributed by atoms with van der Waals surface area (Å²) >= 11 is 0. The minimum Gasteiger partial charge on any atom is -0.353 e. The maximum Gasteiger partial charge on any atom is 0.247 e. The van der Waals surface area contributed by atoms with E-state index >= 15 is 0 Å². The molecule has 1 aromatic carbocycles. The first-order valence-corrected chi connectivity index (χ1v) is 8.39. The van der Waals surface area contributed by atoms with E-state index in [0.717, 1.165) is 12.8 Å². The Kier molecular flexibility index (Phi) is 5.85. The summed E-state index contributed by atoms with van der Waals surface area (Å²) in [5.41, 5.74) is 2.12. The van der Waals surface area contributed by atoms with Gasteiger partial charge in [0.05, 0.1) is 0 Å². The van der Waals surface area contributed by atoms with E-state index < -0.39 is 0 Å². The molecule has 0 aliphatic heterocycles. The number of hydrogen-bond donors (Lipinski definition) is 1. The SMILES string of the molecule is CCCC/C(=C\C1=C(C)C(=O)c2ccccc2C1=O)C(=O)NCC. The molecule has 0 atom stereocenters. The lowest BCUT2D eigenvalue weighted by Gasteiger charge is -2.18. The Morgan fingerprint density at radius 2 is 1.71 bits per heavy atom. The molecule has 1 amide bonds. The van der Waals surface area contributed by atoms with E-state index in [1.165, 1.54) is 0 Å². The molecule has 0 aromatic heterocycles. The number of allylic oxidation sites excluding steroid dienone is 3. The van der Waals surface area contributed by atoms with Crippen LogP contribution in [0, 0.1) is 0 Å². The van der Waals surface area contributed by atoms with E-state index in [4.69, 9.17) is 0 Å². The van der Waals surface area contributed by atoms with Gasteiger partial charge in [-0.15, -0.1) is 0 Å². The minimum absolute atomic E-state index is 0.151. The maximum absolute atomic E-state index is 12.8. The topological polar surface area (TPSA) is 63.2 Å². The summed E-state index contributed by atoms with van der Waals surface area (Å²) in [5.74, 6) is -0.520. The summed E-state index contributed by atoms with van der Waals surface area (Å²) in [5, 5.41) is 2.78. The molecule has 126 valence electrons.